The van der Waals surface area contributed by atoms with Gasteiger partial charge in [0.05, 0.1) is 10.9 Å². The predicted molar refractivity (Wildman–Crippen MR) is 71.1 cm³/mol. The lowest BCUT2D eigenvalue weighted by Gasteiger charge is -2.11. The summed E-state index contributed by atoms with van der Waals surface area (Å²) in [6.45, 7) is 1.95. The molecule has 18 heavy (non-hydrogen) atoms. The second-order valence-electron chi connectivity index (χ2n) is 4.18. The van der Waals surface area contributed by atoms with Crippen molar-refractivity contribution in [3.05, 3.63) is 24.3 Å². The van der Waals surface area contributed by atoms with Gasteiger partial charge in [-0.15, -0.1) is 0 Å². The zero-order valence-electron chi connectivity index (χ0n) is 10.5. The van der Waals surface area contributed by atoms with Crippen LogP contribution in [-0.2, 0) is 14.6 Å². The van der Waals surface area contributed by atoms with Gasteiger partial charge in [-0.2, -0.15) is 0 Å². The number of amides is 1. The molecule has 0 radical (unpaired) electrons. The topological polar surface area (TPSA) is 89.3 Å². The third kappa shape index (κ3) is 4.12. The molecule has 1 aromatic rings. The molecule has 1 amide bonds. The normalized spacial score (nSPS) is 13.1. The maximum atomic E-state index is 11.6. The summed E-state index contributed by atoms with van der Waals surface area (Å²) in [5, 5.41) is 2.65. The molecule has 100 valence electrons. The van der Waals surface area contributed by atoms with Gasteiger partial charge in [-0.3, -0.25) is 4.79 Å². The van der Waals surface area contributed by atoms with Crippen LogP contribution >= 0.6 is 0 Å². The summed E-state index contributed by atoms with van der Waals surface area (Å²) in [6.07, 6.45) is 2.59. The summed E-state index contributed by atoms with van der Waals surface area (Å²) in [5.41, 5.74) is 6.21. The molecule has 0 aliphatic heterocycles. The fraction of sp³-hybridized carbons (Fsp3) is 0.417. The van der Waals surface area contributed by atoms with Crippen LogP contribution in [0.5, 0.6) is 0 Å². The average Bonchev–Trinajstić information content (AvgIpc) is 2.28. The van der Waals surface area contributed by atoms with Gasteiger partial charge in [0.15, 0.2) is 9.84 Å². The molecule has 0 aromatic heterocycles. The second kappa shape index (κ2) is 5.97. The smallest absolute Gasteiger partial charge is 0.241 e. The van der Waals surface area contributed by atoms with E-state index in [1.807, 2.05) is 6.92 Å². The van der Waals surface area contributed by atoms with Crippen molar-refractivity contribution in [2.24, 2.45) is 5.73 Å². The van der Waals surface area contributed by atoms with Gasteiger partial charge >= 0.3 is 0 Å². The SMILES string of the molecule is CCC[C@H](N)C(=O)Nc1ccc(S(C)(=O)=O)cc1. The molecular formula is C12H18N2O3S. The average molecular weight is 270 g/mol. The quantitative estimate of drug-likeness (QED) is 0.840. The minimum atomic E-state index is -3.21. The van der Waals surface area contributed by atoms with E-state index in [0.29, 0.717) is 12.1 Å². The number of sulfone groups is 1. The summed E-state index contributed by atoms with van der Waals surface area (Å²) in [6, 6.07) is 5.47. The van der Waals surface area contributed by atoms with Crippen molar-refractivity contribution in [2.45, 2.75) is 30.7 Å². The lowest BCUT2D eigenvalue weighted by atomic mass is 10.1. The minimum absolute atomic E-state index is 0.221. The van der Waals surface area contributed by atoms with Crippen LogP contribution in [0.1, 0.15) is 19.8 Å². The molecule has 0 saturated heterocycles. The van der Waals surface area contributed by atoms with Crippen molar-refractivity contribution in [3.63, 3.8) is 0 Å². The van der Waals surface area contributed by atoms with Crippen molar-refractivity contribution in [3.8, 4) is 0 Å². The number of nitrogens with two attached hydrogens (primary N) is 1. The number of hydrogen-bond acceptors (Lipinski definition) is 4. The van der Waals surface area contributed by atoms with Crippen LogP contribution < -0.4 is 11.1 Å². The van der Waals surface area contributed by atoms with Gasteiger partial charge in [0.2, 0.25) is 5.91 Å². The van der Waals surface area contributed by atoms with Crippen molar-refractivity contribution >= 4 is 21.4 Å². The van der Waals surface area contributed by atoms with E-state index in [0.717, 1.165) is 12.7 Å². The second-order valence-corrected chi connectivity index (χ2v) is 6.20. The molecule has 0 aliphatic rings. The molecule has 1 aromatic carbocycles. The van der Waals surface area contributed by atoms with Crippen molar-refractivity contribution in [2.75, 3.05) is 11.6 Å². The molecule has 0 saturated carbocycles. The standard InChI is InChI=1S/C12H18N2O3S/c1-3-4-11(13)12(15)14-9-5-7-10(8-6-9)18(2,16)17/h5-8,11H,3-4,13H2,1-2H3,(H,14,15)/t11-/m0/s1. The summed E-state index contributed by atoms with van der Waals surface area (Å²) < 4.78 is 22.5. The molecule has 0 bridgehead atoms. The van der Waals surface area contributed by atoms with Crippen molar-refractivity contribution in [1.82, 2.24) is 0 Å². The number of benzene rings is 1. The largest absolute Gasteiger partial charge is 0.325 e. The zero-order valence-corrected chi connectivity index (χ0v) is 11.3. The minimum Gasteiger partial charge on any atom is -0.325 e. The van der Waals surface area contributed by atoms with Gasteiger partial charge in [-0.25, -0.2) is 8.42 Å². The molecule has 0 unspecified atom stereocenters. The van der Waals surface area contributed by atoms with E-state index in [-0.39, 0.29) is 10.8 Å². The Kier molecular flexibility index (Phi) is 4.86. The maximum absolute atomic E-state index is 11.6. The van der Waals surface area contributed by atoms with Gasteiger partial charge in [-0.05, 0) is 30.7 Å². The fourth-order valence-corrected chi connectivity index (χ4v) is 2.09. The van der Waals surface area contributed by atoms with Gasteiger partial charge in [0.1, 0.15) is 0 Å². The van der Waals surface area contributed by atoms with E-state index < -0.39 is 15.9 Å². The zero-order chi connectivity index (χ0) is 13.8. The summed E-state index contributed by atoms with van der Waals surface area (Å²) in [7, 11) is -3.21. The third-order valence-electron chi connectivity index (χ3n) is 2.49. The number of hydrogen-bond donors (Lipinski definition) is 2. The van der Waals surface area contributed by atoms with Gasteiger partial charge in [-0.1, -0.05) is 13.3 Å². The number of carbonyl (C=O) groups is 1. The molecule has 5 nitrogen and oxygen atoms in total. The van der Waals surface area contributed by atoms with E-state index in [2.05, 4.69) is 5.32 Å². The Bertz CT molecular complexity index is 509. The highest BCUT2D eigenvalue weighted by Gasteiger charge is 2.12. The van der Waals surface area contributed by atoms with E-state index in [1.54, 1.807) is 12.1 Å². The third-order valence-corrected chi connectivity index (χ3v) is 3.61. The molecule has 0 heterocycles. The molecule has 0 aliphatic carbocycles. The first kappa shape index (κ1) is 14.7. The Morgan fingerprint density at radius 1 is 1.33 bits per heavy atom. The Morgan fingerprint density at radius 2 is 1.89 bits per heavy atom. The molecule has 1 atom stereocenters. The van der Waals surface area contributed by atoms with Crippen LogP contribution in [-0.4, -0.2) is 26.6 Å². The van der Waals surface area contributed by atoms with Crippen LogP contribution in [0.3, 0.4) is 0 Å². The van der Waals surface area contributed by atoms with Gasteiger partial charge in [0.25, 0.3) is 0 Å². The molecule has 3 N–H and O–H groups in total. The molecular weight excluding hydrogens is 252 g/mol. The van der Waals surface area contributed by atoms with Gasteiger partial charge in [0, 0.05) is 11.9 Å². The number of carbonyl (C=O) groups excluding carboxylic acids is 1. The van der Waals surface area contributed by atoms with E-state index >= 15 is 0 Å². The Morgan fingerprint density at radius 3 is 2.33 bits per heavy atom. The van der Waals surface area contributed by atoms with Crippen LogP contribution in [0.4, 0.5) is 5.69 Å². The highest BCUT2D eigenvalue weighted by molar-refractivity contribution is 7.90. The first-order valence-corrected chi connectivity index (χ1v) is 7.60. The number of nitrogens with one attached hydrogen (secondary N) is 1. The monoisotopic (exact) mass is 270 g/mol. The highest BCUT2D eigenvalue weighted by atomic mass is 32.2. The first-order valence-electron chi connectivity index (χ1n) is 5.71. The predicted octanol–water partition coefficient (Wildman–Crippen LogP) is 1.16. The Labute approximate surface area is 107 Å². The van der Waals surface area contributed by atoms with Crippen LogP contribution in [0, 0.1) is 0 Å². The highest BCUT2D eigenvalue weighted by Crippen LogP contribution is 2.14. The number of rotatable bonds is 5. The van der Waals surface area contributed by atoms with Crippen molar-refractivity contribution < 1.29 is 13.2 Å². The maximum Gasteiger partial charge on any atom is 0.241 e. The lowest BCUT2D eigenvalue weighted by molar-refractivity contribution is -0.117. The summed E-state index contributed by atoms with van der Waals surface area (Å²) >= 11 is 0. The van der Waals surface area contributed by atoms with E-state index in [9.17, 15) is 13.2 Å². The van der Waals surface area contributed by atoms with Gasteiger partial charge < -0.3 is 11.1 Å². The summed E-state index contributed by atoms with van der Waals surface area (Å²) in [5.74, 6) is -0.260. The fourth-order valence-electron chi connectivity index (χ4n) is 1.46. The molecule has 1 rings (SSSR count). The molecule has 0 fully saturated rings. The lowest BCUT2D eigenvalue weighted by Crippen LogP contribution is -2.35. The Balaban J connectivity index is 2.73. The number of anilines is 1. The molecule has 6 heteroatoms. The van der Waals surface area contributed by atoms with Crippen molar-refractivity contribution in [1.29, 1.82) is 0 Å². The molecule has 0 spiro atoms. The van der Waals surface area contributed by atoms with E-state index in [4.69, 9.17) is 5.73 Å². The summed E-state index contributed by atoms with van der Waals surface area (Å²) in [4.78, 5) is 11.9. The van der Waals surface area contributed by atoms with Crippen LogP contribution in [0.25, 0.3) is 0 Å². The first-order chi connectivity index (χ1) is 8.34. The van der Waals surface area contributed by atoms with Crippen LogP contribution in [0.15, 0.2) is 29.2 Å². The van der Waals surface area contributed by atoms with Crippen LogP contribution in [0.2, 0.25) is 0 Å². The van der Waals surface area contributed by atoms with E-state index in [1.165, 1.54) is 12.1 Å². The Hall–Kier alpha value is -1.40.